The highest BCUT2D eigenvalue weighted by molar-refractivity contribution is 5.76. The monoisotopic (exact) mass is 247 g/mol. The van der Waals surface area contributed by atoms with Gasteiger partial charge in [-0.05, 0) is 18.9 Å². The Labute approximate surface area is 109 Å². The van der Waals surface area contributed by atoms with Gasteiger partial charge in [0.15, 0.2) is 0 Å². The zero-order chi connectivity index (χ0) is 13.0. The Hall–Kier alpha value is -1.35. The number of carbonyl (C=O) groups excluding carboxylic acids is 1. The van der Waals surface area contributed by atoms with Gasteiger partial charge in [0, 0.05) is 18.4 Å². The molecule has 1 aliphatic rings. The van der Waals surface area contributed by atoms with Crippen molar-refractivity contribution in [3.8, 4) is 0 Å². The van der Waals surface area contributed by atoms with E-state index in [0.717, 1.165) is 26.2 Å². The molecule has 0 atom stereocenters. The molecule has 1 N–H and O–H groups in total. The predicted octanol–water partition coefficient (Wildman–Crippen LogP) is 2.08. The van der Waals surface area contributed by atoms with E-state index in [1.807, 2.05) is 0 Å². The minimum absolute atomic E-state index is 0.128. The zero-order valence-corrected chi connectivity index (χ0v) is 11.2. The third-order valence-electron chi connectivity index (χ3n) is 3.37. The van der Waals surface area contributed by atoms with E-state index in [1.54, 1.807) is 0 Å². The first-order valence-corrected chi connectivity index (χ1v) is 6.47. The third kappa shape index (κ3) is 3.57. The number of amides is 1. The molecular formula is C15H21NO2. The Morgan fingerprint density at radius 1 is 1.33 bits per heavy atom. The molecule has 1 heterocycles. The molecule has 3 nitrogen and oxygen atoms in total. The van der Waals surface area contributed by atoms with Crippen LogP contribution in [0.25, 0.3) is 0 Å². The summed E-state index contributed by atoms with van der Waals surface area (Å²) in [5.41, 5.74) is 2.62. The first kappa shape index (κ1) is 13.1. The molecule has 0 spiro atoms. The molecule has 1 aliphatic heterocycles. The Morgan fingerprint density at radius 2 is 2.00 bits per heavy atom. The summed E-state index contributed by atoms with van der Waals surface area (Å²) >= 11 is 0. The number of ether oxygens (including phenoxy) is 1. The number of benzene rings is 1. The van der Waals surface area contributed by atoms with Crippen LogP contribution in [0.3, 0.4) is 0 Å². The van der Waals surface area contributed by atoms with Crippen LogP contribution in [0.4, 0.5) is 0 Å². The molecule has 0 unspecified atom stereocenters. The van der Waals surface area contributed by atoms with Crippen LogP contribution in [0.2, 0.25) is 0 Å². The van der Waals surface area contributed by atoms with Crippen LogP contribution in [-0.4, -0.2) is 25.7 Å². The number of hydrogen-bond donors (Lipinski definition) is 1. The minimum atomic E-state index is 0.128. The van der Waals surface area contributed by atoms with Crippen LogP contribution in [0.1, 0.15) is 24.5 Å². The Kier molecular flexibility index (Phi) is 4.02. The molecule has 1 aromatic carbocycles. The van der Waals surface area contributed by atoms with Crippen LogP contribution < -0.4 is 5.32 Å². The smallest absolute Gasteiger partial charge is 0.220 e. The maximum absolute atomic E-state index is 11.7. The van der Waals surface area contributed by atoms with Gasteiger partial charge >= 0.3 is 0 Å². The number of rotatable bonds is 5. The van der Waals surface area contributed by atoms with E-state index in [4.69, 9.17) is 4.74 Å². The van der Waals surface area contributed by atoms with Crippen molar-refractivity contribution >= 4 is 5.91 Å². The molecular weight excluding hydrogens is 226 g/mol. The molecule has 18 heavy (non-hydrogen) atoms. The summed E-state index contributed by atoms with van der Waals surface area (Å²) < 4.78 is 5.16. The summed E-state index contributed by atoms with van der Waals surface area (Å²) in [6.07, 6.45) is 1.36. The van der Waals surface area contributed by atoms with Gasteiger partial charge in [-0.3, -0.25) is 4.79 Å². The first-order valence-electron chi connectivity index (χ1n) is 6.47. The largest absolute Gasteiger partial charge is 0.380 e. The predicted molar refractivity (Wildman–Crippen MR) is 71.4 cm³/mol. The molecule has 1 amide bonds. The molecule has 0 aromatic heterocycles. The zero-order valence-electron chi connectivity index (χ0n) is 11.2. The summed E-state index contributed by atoms with van der Waals surface area (Å²) in [5, 5.41) is 2.99. The van der Waals surface area contributed by atoms with Gasteiger partial charge in [0.2, 0.25) is 5.91 Å². The molecule has 1 saturated heterocycles. The lowest BCUT2D eigenvalue weighted by Crippen LogP contribution is -2.48. The van der Waals surface area contributed by atoms with Gasteiger partial charge in [-0.1, -0.05) is 36.8 Å². The fourth-order valence-corrected chi connectivity index (χ4v) is 1.97. The number of nitrogens with one attached hydrogen (secondary N) is 1. The van der Waals surface area contributed by atoms with Gasteiger partial charge in [0.25, 0.3) is 0 Å². The fourth-order valence-electron chi connectivity index (χ4n) is 1.97. The van der Waals surface area contributed by atoms with Gasteiger partial charge in [0.1, 0.15) is 0 Å². The average Bonchev–Trinajstić information content (AvgIpc) is 2.33. The van der Waals surface area contributed by atoms with Crippen LogP contribution in [0.5, 0.6) is 0 Å². The highest BCUT2D eigenvalue weighted by atomic mass is 16.5. The summed E-state index contributed by atoms with van der Waals surface area (Å²) in [4.78, 5) is 11.7. The molecule has 2 rings (SSSR count). The molecule has 0 bridgehead atoms. The first-order chi connectivity index (χ1) is 8.57. The highest BCUT2D eigenvalue weighted by Crippen LogP contribution is 2.25. The van der Waals surface area contributed by atoms with E-state index >= 15 is 0 Å². The molecule has 0 radical (unpaired) electrons. The Bertz CT molecular complexity index is 407. The van der Waals surface area contributed by atoms with Crippen molar-refractivity contribution in [2.24, 2.45) is 5.41 Å². The van der Waals surface area contributed by atoms with Crippen molar-refractivity contribution in [3.63, 3.8) is 0 Å². The average molecular weight is 247 g/mol. The van der Waals surface area contributed by atoms with Crippen molar-refractivity contribution in [3.05, 3.63) is 35.4 Å². The van der Waals surface area contributed by atoms with Gasteiger partial charge in [-0.25, -0.2) is 0 Å². The van der Waals surface area contributed by atoms with Gasteiger partial charge < -0.3 is 10.1 Å². The summed E-state index contributed by atoms with van der Waals surface area (Å²) in [5.74, 6) is 0.128. The third-order valence-corrected chi connectivity index (χ3v) is 3.37. The normalized spacial score (nSPS) is 17.0. The molecule has 1 aromatic rings. The lowest BCUT2D eigenvalue weighted by atomic mass is 9.89. The second-order valence-electron chi connectivity index (χ2n) is 5.57. The van der Waals surface area contributed by atoms with E-state index in [9.17, 15) is 4.79 Å². The molecule has 0 saturated carbocycles. The Balaban J connectivity index is 1.69. The summed E-state index contributed by atoms with van der Waals surface area (Å²) in [7, 11) is 0. The van der Waals surface area contributed by atoms with E-state index in [0.29, 0.717) is 6.42 Å². The quantitative estimate of drug-likeness (QED) is 0.865. The second kappa shape index (κ2) is 5.53. The number of aryl methyl sites for hydroxylation is 2. The van der Waals surface area contributed by atoms with Crippen LogP contribution in [0, 0.1) is 12.3 Å². The molecule has 0 aliphatic carbocycles. The van der Waals surface area contributed by atoms with Crippen LogP contribution in [0.15, 0.2) is 24.3 Å². The second-order valence-corrected chi connectivity index (χ2v) is 5.57. The van der Waals surface area contributed by atoms with Crippen molar-refractivity contribution in [1.82, 2.24) is 5.32 Å². The summed E-state index contributed by atoms with van der Waals surface area (Å²) in [6.45, 7) is 6.44. The highest BCUT2D eigenvalue weighted by Gasteiger charge is 2.33. The maximum Gasteiger partial charge on any atom is 0.220 e. The lowest BCUT2D eigenvalue weighted by Gasteiger charge is -2.38. The lowest BCUT2D eigenvalue weighted by molar-refractivity contribution is -0.126. The maximum atomic E-state index is 11.7. The topological polar surface area (TPSA) is 38.3 Å². The van der Waals surface area contributed by atoms with E-state index in [2.05, 4.69) is 43.4 Å². The minimum Gasteiger partial charge on any atom is -0.380 e. The SMILES string of the molecule is Cc1ccc(CCC(=O)NCC2(C)COC2)cc1. The van der Waals surface area contributed by atoms with Crippen LogP contribution >= 0.6 is 0 Å². The van der Waals surface area contributed by atoms with E-state index in [-0.39, 0.29) is 11.3 Å². The molecule has 1 fully saturated rings. The van der Waals surface area contributed by atoms with Crippen molar-refractivity contribution in [1.29, 1.82) is 0 Å². The number of hydrogen-bond acceptors (Lipinski definition) is 2. The van der Waals surface area contributed by atoms with Gasteiger partial charge in [0.05, 0.1) is 13.2 Å². The van der Waals surface area contributed by atoms with Crippen LogP contribution in [-0.2, 0) is 16.0 Å². The van der Waals surface area contributed by atoms with Crippen molar-refractivity contribution < 1.29 is 9.53 Å². The van der Waals surface area contributed by atoms with Gasteiger partial charge in [-0.2, -0.15) is 0 Å². The standard InChI is InChI=1S/C15H21NO2/c1-12-3-5-13(6-4-12)7-8-14(17)16-9-15(2)10-18-11-15/h3-6H,7-11H2,1-2H3,(H,16,17). The summed E-state index contributed by atoms with van der Waals surface area (Å²) in [6, 6.07) is 8.34. The number of carbonyl (C=O) groups is 1. The van der Waals surface area contributed by atoms with Crippen molar-refractivity contribution in [2.45, 2.75) is 26.7 Å². The fraction of sp³-hybridized carbons (Fsp3) is 0.533. The Morgan fingerprint density at radius 3 is 2.56 bits per heavy atom. The molecule has 3 heteroatoms. The van der Waals surface area contributed by atoms with E-state index in [1.165, 1.54) is 11.1 Å². The van der Waals surface area contributed by atoms with E-state index < -0.39 is 0 Å². The molecule has 98 valence electrons. The van der Waals surface area contributed by atoms with Crippen molar-refractivity contribution in [2.75, 3.05) is 19.8 Å². The van der Waals surface area contributed by atoms with Gasteiger partial charge in [-0.15, -0.1) is 0 Å².